The van der Waals surface area contributed by atoms with Gasteiger partial charge in [-0.15, -0.1) is 0 Å². The number of aromatic amines is 1. The maximum Gasteiger partial charge on any atom is 0.153 e. The quantitative estimate of drug-likeness (QED) is 0.623. The standard InChI is InChI=1S/C7H9N3O/c11-6-2-4-10(5-6)7-1-3-8-9-7/h1,3H,2,4-5H2,(H,8,9). The summed E-state index contributed by atoms with van der Waals surface area (Å²) in [6, 6.07) is 1.87. The Labute approximate surface area is 64.2 Å². The first-order valence-corrected chi connectivity index (χ1v) is 3.62. The fraction of sp³-hybridized carbons (Fsp3) is 0.429. The number of Topliss-reactive ketones (excluding diaryl/α,β-unsaturated/α-hetero) is 1. The second kappa shape index (κ2) is 2.38. The Morgan fingerprint density at radius 1 is 1.64 bits per heavy atom. The third kappa shape index (κ3) is 1.11. The summed E-state index contributed by atoms with van der Waals surface area (Å²) in [4.78, 5) is 12.9. The van der Waals surface area contributed by atoms with E-state index in [2.05, 4.69) is 10.2 Å². The van der Waals surface area contributed by atoms with Crippen molar-refractivity contribution in [2.75, 3.05) is 18.0 Å². The summed E-state index contributed by atoms with van der Waals surface area (Å²) in [6.45, 7) is 1.35. The van der Waals surface area contributed by atoms with Gasteiger partial charge < -0.3 is 4.90 Å². The summed E-state index contributed by atoms with van der Waals surface area (Å²) in [5.41, 5.74) is 0. The highest BCUT2D eigenvalue weighted by Gasteiger charge is 2.19. The predicted octanol–water partition coefficient (Wildman–Crippen LogP) is 0.189. The van der Waals surface area contributed by atoms with Crippen LogP contribution in [0.4, 0.5) is 5.82 Å². The zero-order chi connectivity index (χ0) is 7.68. The number of nitrogens with one attached hydrogen (secondary N) is 1. The van der Waals surface area contributed by atoms with Gasteiger partial charge in [0.1, 0.15) is 5.82 Å². The van der Waals surface area contributed by atoms with E-state index in [-0.39, 0.29) is 0 Å². The topological polar surface area (TPSA) is 49.0 Å². The Balaban J connectivity index is 2.13. The molecule has 0 radical (unpaired) electrons. The molecule has 1 aliphatic heterocycles. The minimum absolute atomic E-state index is 0.305. The molecule has 4 nitrogen and oxygen atoms in total. The number of carbonyl (C=O) groups is 1. The fourth-order valence-electron chi connectivity index (χ4n) is 1.26. The number of ketones is 1. The second-order valence-electron chi connectivity index (χ2n) is 2.65. The summed E-state index contributed by atoms with van der Waals surface area (Å²) in [7, 11) is 0. The molecule has 58 valence electrons. The number of hydrogen-bond acceptors (Lipinski definition) is 3. The molecule has 2 rings (SSSR count). The van der Waals surface area contributed by atoms with Gasteiger partial charge in [-0.2, -0.15) is 5.10 Å². The molecule has 1 aromatic heterocycles. The molecule has 0 aromatic carbocycles. The minimum Gasteiger partial charge on any atom is -0.349 e. The van der Waals surface area contributed by atoms with E-state index in [4.69, 9.17) is 0 Å². The lowest BCUT2D eigenvalue weighted by molar-refractivity contribution is -0.116. The van der Waals surface area contributed by atoms with Crippen molar-refractivity contribution in [2.24, 2.45) is 0 Å². The molecule has 0 bridgehead atoms. The van der Waals surface area contributed by atoms with Crippen LogP contribution in [0.5, 0.6) is 0 Å². The van der Waals surface area contributed by atoms with E-state index in [0.717, 1.165) is 12.4 Å². The van der Waals surface area contributed by atoms with E-state index in [9.17, 15) is 4.79 Å². The number of nitrogens with zero attached hydrogens (tertiary/aromatic N) is 2. The van der Waals surface area contributed by atoms with Crippen molar-refractivity contribution in [1.29, 1.82) is 0 Å². The van der Waals surface area contributed by atoms with Crippen LogP contribution in [-0.4, -0.2) is 29.1 Å². The molecule has 1 aromatic rings. The Hall–Kier alpha value is -1.32. The van der Waals surface area contributed by atoms with E-state index in [1.165, 1.54) is 0 Å². The molecule has 4 heteroatoms. The molecule has 2 heterocycles. The molecule has 11 heavy (non-hydrogen) atoms. The molecule has 0 aliphatic carbocycles. The molecule has 0 atom stereocenters. The summed E-state index contributed by atoms with van der Waals surface area (Å²) in [5.74, 6) is 1.25. The second-order valence-corrected chi connectivity index (χ2v) is 2.65. The third-order valence-corrected chi connectivity index (χ3v) is 1.85. The first-order chi connectivity index (χ1) is 5.36. The molecular formula is C7H9N3O. The van der Waals surface area contributed by atoms with Crippen molar-refractivity contribution in [1.82, 2.24) is 10.2 Å². The number of anilines is 1. The van der Waals surface area contributed by atoms with Crippen LogP contribution in [0.1, 0.15) is 6.42 Å². The Kier molecular flexibility index (Phi) is 1.38. The summed E-state index contributed by atoms with van der Waals surface area (Å²) in [5, 5.41) is 6.64. The number of carbonyl (C=O) groups excluding carboxylic acids is 1. The van der Waals surface area contributed by atoms with Gasteiger partial charge in [-0.25, -0.2) is 0 Å². The zero-order valence-corrected chi connectivity index (χ0v) is 6.08. The van der Waals surface area contributed by atoms with Crippen molar-refractivity contribution >= 4 is 11.6 Å². The Morgan fingerprint density at radius 3 is 3.09 bits per heavy atom. The van der Waals surface area contributed by atoms with Crippen molar-refractivity contribution < 1.29 is 4.79 Å². The normalized spacial score (nSPS) is 17.8. The van der Waals surface area contributed by atoms with Crippen LogP contribution in [-0.2, 0) is 4.79 Å². The molecule has 0 amide bonds. The highest BCUT2D eigenvalue weighted by atomic mass is 16.1. The van der Waals surface area contributed by atoms with E-state index in [0.29, 0.717) is 18.7 Å². The van der Waals surface area contributed by atoms with Gasteiger partial charge in [-0.3, -0.25) is 9.89 Å². The van der Waals surface area contributed by atoms with E-state index < -0.39 is 0 Å². The smallest absolute Gasteiger partial charge is 0.153 e. The van der Waals surface area contributed by atoms with Crippen LogP contribution in [0.25, 0.3) is 0 Å². The van der Waals surface area contributed by atoms with Crippen molar-refractivity contribution in [2.45, 2.75) is 6.42 Å². The van der Waals surface area contributed by atoms with Crippen molar-refractivity contribution in [3.8, 4) is 0 Å². The molecule has 0 spiro atoms. The molecule has 1 aliphatic rings. The Bertz CT molecular complexity index is 255. The highest BCUT2D eigenvalue weighted by molar-refractivity contribution is 5.86. The number of hydrogen-bond donors (Lipinski definition) is 1. The van der Waals surface area contributed by atoms with Gasteiger partial charge in [0, 0.05) is 19.0 Å². The fourth-order valence-corrected chi connectivity index (χ4v) is 1.26. The predicted molar refractivity (Wildman–Crippen MR) is 40.4 cm³/mol. The summed E-state index contributed by atoms with van der Waals surface area (Å²) < 4.78 is 0. The van der Waals surface area contributed by atoms with Crippen LogP contribution in [0.2, 0.25) is 0 Å². The van der Waals surface area contributed by atoms with Gasteiger partial charge in [-0.05, 0) is 0 Å². The van der Waals surface area contributed by atoms with Crippen molar-refractivity contribution in [3.63, 3.8) is 0 Å². The number of H-pyrrole nitrogens is 1. The number of aromatic nitrogens is 2. The average molecular weight is 151 g/mol. The average Bonchev–Trinajstić information content (AvgIpc) is 2.55. The van der Waals surface area contributed by atoms with Crippen LogP contribution >= 0.6 is 0 Å². The van der Waals surface area contributed by atoms with E-state index >= 15 is 0 Å². The SMILES string of the molecule is O=C1CCN(c2ccn[nH]2)C1. The van der Waals surface area contributed by atoms with Gasteiger partial charge in [0.2, 0.25) is 0 Å². The summed E-state index contributed by atoms with van der Waals surface area (Å²) in [6.07, 6.45) is 2.36. The third-order valence-electron chi connectivity index (χ3n) is 1.85. The first kappa shape index (κ1) is 6.39. The maximum absolute atomic E-state index is 10.9. The lowest BCUT2D eigenvalue weighted by atomic mass is 10.4. The van der Waals surface area contributed by atoms with E-state index in [1.807, 2.05) is 11.0 Å². The van der Waals surface area contributed by atoms with Crippen LogP contribution < -0.4 is 4.90 Å². The van der Waals surface area contributed by atoms with Crippen LogP contribution in [0, 0.1) is 0 Å². The van der Waals surface area contributed by atoms with Gasteiger partial charge in [0.15, 0.2) is 5.78 Å². The highest BCUT2D eigenvalue weighted by Crippen LogP contribution is 2.13. The molecular weight excluding hydrogens is 142 g/mol. The molecule has 1 fully saturated rings. The van der Waals surface area contributed by atoms with Crippen LogP contribution in [0.3, 0.4) is 0 Å². The van der Waals surface area contributed by atoms with E-state index in [1.54, 1.807) is 6.20 Å². The van der Waals surface area contributed by atoms with Crippen LogP contribution in [0.15, 0.2) is 12.3 Å². The van der Waals surface area contributed by atoms with Gasteiger partial charge in [-0.1, -0.05) is 0 Å². The van der Waals surface area contributed by atoms with Crippen molar-refractivity contribution in [3.05, 3.63) is 12.3 Å². The lowest BCUT2D eigenvalue weighted by Crippen LogP contribution is -2.19. The van der Waals surface area contributed by atoms with Gasteiger partial charge in [0.25, 0.3) is 0 Å². The lowest BCUT2D eigenvalue weighted by Gasteiger charge is -2.11. The first-order valence-electron chi connectivity index (χ1n) is 3.62. The zero-order valence-electron chi connectivity index (χ0n) is 6.08. The monoisotopic (exact) mass is 151 g/mol. The maximum atomic E-state index is 10.9. The van der Waals surface area contributed by atoms with Gasteiger partial charge in [0.05, 0.1) is 12.7 Å². The van der Waals surface area contributed by atoms with Gasteiger partial charge >= 0.3 is 0 Å². The number of rotatable bonds is 1. The molecule has 0 unspecified atom stereocenters. The Morgan fingerprint density at radius 2 is 2.55 bits per heavy atom. The molecule has 0 saturated carbocycles. The molecule has 1 N–H and O–H groups in total. The molecule has 1 saturated heterocycles. The largest absolute Gasteiger partial charge is 0.349 e. The minimum atomic E-state index is 0.305. The summed E-state index contributed by atoms with van der Waals surface area (Å²) >= 11 is 0.